The Morgan fingerprint density at radius 3 is 2.33 bits per heavy atom. The van der Waals surface area contributed by atoms with E-state index in [-0.39, 0.29) is 11.5 Å². The Morgan fingerprint density at radius 1 is 0.944 bits per heavy atom. The zero-order chi connectivity index (χ0) is 12.7. The van der Waals surface area contributed by atoms with Gasteiger partial charge < -0.3 is 4.74 Å². The summed E-state index contributed by atoms with van der Waals surface area (Å²) in [6.07, 6.45) is 0. The summed E-state index contributed by atoms with van der Waals surface area (Å²) < 4.78 is 4.96. The predicted molar refractivity (Wildman–Crippen MR) is 70.3 cm³/mol. The Labute approximate surface area is 109 Å². The Balaban J connectivity index is 2.24. The van der Waals surface area contributed by atoms with Crippen LogP contribution in [0.5, 0.6) is 5.75 Å². The van der Waals surface area contributed by atoms with Crippen LogP contribution < -0.4 is 4.74 Å². The number of fused-ring (bicyclic) bond motifs is 3. The van der Waals surface area contributed by atoms with Crippen LogP contribution in [-0.4, -0.2) is 11.1 Å². The number of ether oxygens (including phenoxy) is 1. The molecule has 2 aromatic rings. The van der Waals surface area contributed by atoms with Crippen LogP contribution in [0, 0.1) is 0 Å². The van der Waals surface area contributed by atoms with Gasteiger partial charge in [0.25, 0.3) is 0 Å². The normalized spacial score (nSPS) is 11.9. The van der Waals surface area contributed by atoms with Gasteiger partial charge in [0.05, 0.1) is 5.56 Å². The van der Waals surface area contributed by atoms with E-state index in [1.807, 2.05) is 24.3 Å². The van der Waals surface area contributed by atoms with E-state index >= 15 is 0 Å². The maximum absolute atomic E-state index is 12.3. The molecular formula is C14H8O3S. The third-order valence-corrected chi connectivity index (χ3v) is 3.00. The Kier molecular flexibility index (Phi) is 2.45. The second kappa shape index (κ2) is 3.99. The summed E-state index contributed by atoms with van der Waals surface area (Å²) >= 11 is 3.57. The summed E-state index contributed by atoms with van der Waals surface area (Å²) in [6, 6.07) is 12.5. The quantitative estimate of drug-likeness (QED) is 0.536. The van der Waals surface area contributed by atoms with Gasteiger partial charge in [-0.25, -0.2) is 4.79 Å². The highest BCUT2D eigenvalue weighted by atomic mass is 32.1. The molecule has 0 amide bonds. The van der Waals surface area contributed by atoms with E-state index in [2.05, 4.69) is 12.6 Å². The van der Waals surface area contributed by atoms with Crippen LogP contribution >= 0.6 is 12.6 Å². The van der Waals surface area contributed by atoms with Gasteiger partial charge in [-0.05, 0) is 17.2 Å². The molecule has 0 unspecified atom stereocenters. The van der Waals surface area contributed by atoms with Crippen molar-refractivity contribution in [2.45, 2.75) is 0 Å². The summed E-state index contributed by atoms with van der Waals surface area (Å²) in [7, 11) is 0. The SMILES string of the molecule is O=C(S)Oc1cccc2c1C(=O)c1ccccc1-2. The molecule has 0 bridgehead atoms. The third kappa shape index (κ3) is 1.54. The number of rotatable bonds is 1. The summed E-state index contributed by atoms with van der Waals surface area (Å²) in [5.41, 5.74) is 2.73. The van der Waals surface area contributed by atoms with Crippen LogP contribution in [0.2, 0.25) is 0 Å². The van der Waals surface area contributed by atoms with Gasteiger partial charge in [0, 0.05) is 5.56 Å². The van der Waals surface area contributed by atoms with Crippen molar-refractivity contribution in [1.29, 1.82) is 0 Å². The zero-order valence-corrected chi connectivity index (χ0v) is 10.1. The third-order valence-electron chi connectivity index (χ3n) is 2.91. The average molecular weight is 256 g/mol. The van der Waals surface area contributed by atoms with Crippen LogP contribution in [-0.2, 0) is 0 Å². The first-order chi connectivity index (χ1) is 8.68. The minimum absolute atomic E-state index is 0.120. The molecule has 0 fully saturated rings. The molecule has 4 heteroatoms. The van der Waals surface area contributed by atoms with Crippen molar-refractivity contribution < 1.29 is 14.3 Å². The van der Waals surface area contributed by atoms with Crippen molar-refractivity contribution in [2.75, 3.05) is 0 Å². The molecular weight excluding hydrogens is 248 g/mol. The molecule has 0 heterocycles. The second-order valence-electron chi connectivity index (χ2n) is 3.92. The fourth-order valence-corrected chi connectivity index (χ4v) is 2.32. The van der Waals surface area contributed by atoms with E-state index in [4.69, 9.17) is 4.74 Å². The number of benzene rings is 2. The van der Waals surface area contributed by atoms with E-state index < -0.39 is 5.30 Å². The lowest BCUT2D eigenvalue weighted by atomic mass is 10.1. The molecule has 3 rings (SSSR count). The van der Waals surface area contributed by atoms with Crippen LogP contribution in [0.15, 0.2) is 42.5 Å². The van der Waals surface area contributed by atoms with Crippen molar-refractivity contribution in [3.05, 3.63) is 53.6 Å². The topological polar surface area (TPSA) is 43.4 Å². The van der Waals surface area contributed by atoms with Gasteiger partial charge in [0.15, 0.2) is 5.78 Å². The first-order valence-corrected chi connectivity index (χ1v) is 5.81. The van der Waals surface area contributed by atoms with E-state index in [0.29, 0.717) is 11.1 Å². The molecule has 0 saturated carbocycles. The molecule has 0 N–H and O–H groups in total. The number of thiol groups is 1. The smallest absolute Gasteiger partial charge is 0.369 e. The minimum atomic E-state index is -0.729. The maximum atomic E-state index is 12.3. The molecule has 0 saturated heterocycles. The molecule has 1 aliphatic carbocycles. The van der Waals surface area contributed by atoms with Crippen LogP contribution in [0.1, 0.15) is 15.9 Å². The monoisotopic (exact) mass is 256 g/mol. The minimum Gasteiger partial charge on any atom is -0.418 e. The molecule has 18 heavy (non-hydrogen) atoms. The van der Waals surface area contributed by atoms with Crippen molar-refractivity contribution >= 4 is 23.7 Å². The highest BCUT2D eigenvalue weighted by Gasteiger charge is 2.29. The molecule has 0 atom stereocenters. The largest absolute Gasteiger partial charge is 0.418 e. The van der Waals surface area contributed by atoms with Crippen molar-refractivity contribution in [2.24, 2.45) is 0 Å². The van der Waals surface area contributed by atoms with Crippen molar-refractivity contribution in [1.82, 2.24) is 0 Å². The first kappa shape index (κ1) is 11.0. The average Bonchev–Trinajstić information content (AvgIpc) is 2.65. The molecule has 0 spiro atoms. The lowest BCUT2D eigenvalue weighted by molar-refractivity contribution is 0.104. The second-order valence-corrected chi connectivity index (χ2v) is 4.29. The summed E-state index contributed by atoms with van der Waals surface area (Å²) in [5.74, 6) is 0.138. The molecule has 2 aromatic carbocycles. The van der Waals surface area contributed by atoms with Crippen LogP contribution in [0.3, 0.4) is 0 Å². The van der Waals surface area contributed by atoms with Gasteiger partial charge in [-0.1, -0.05) is 49.0 Å². The van der Waals surface area contributed by atoms with Gasteiger partial charge in [-0.15, -0.1) is 0 Å². The number of hydrogen-bond donors (Lipinski definition) is 1. The van der Waals surface area contributed by atoms with Crippen LogP contribution in [0.4, 0.5) is 4.79 Å². The number of hydrogen-bond acceptors (Lipinski definition) is 3. The Hall–Kier alpha value is -2.07. The molecule has 3 nitrogen and oxygen atoms in total. The van der Waals surface area contributed by atoms with E-state index in [9.17, 15) is 9.59 Å². The molecule has 1 aliphatic rings. The molecule has 88 valence electrons. The summed E-state index contributed by atoms with van der Waals surface area (Å²) in [5, 5.41) is -0.729. The molecule has 0 aromatic heterocycles. The van der Waals surface area contributed by atoms with Gasteiger partial charge >= 0.3 is 5.30 Å². The van der Waals surface area contributed by atoms with Crippen molar-refractivity contribution in [3.63, 3.8) is 0 Å². The fourth-order valence-electron chi connectivity index (χ4n) is 2.22. The highest BCUT2D eigenvalue weighted by molar-refractivity contribution is 7.96. The van der Waals surface area contributed by atoms with Gasteiger partial charge in [0.1, 0.15) is 5.75 Å². The number of carbonyl (C=O) groups excluding carboxylic acids is 2. The Morgan fingerprint density at radius 2 is 1.61 bits per heavy atom. The summed E-state index contributed by atoms with van der Waals surface area (Å²) in [4.78, 5) is 23.2. The number of ketones is 1. The van der Waals surface area contributed by atoms with Gasteiger partial charge in [-0.2, -0.15) is 0 Å². The fraction of sp³-hybridized carbons (Fsp3) is 0. The summed E-state index contributed by atoms with van der Waals surface area (Å²) in [6.45, 7) is 0. The first-order valence-electron chi connectivity index (χ1n) is 5.36. The zero-order valence-electron chi connectivity index (χ0n) is 9.21. The van der Waals surface area contributed by atoms with E-state index in [1.54, 1.807) is 18.2 Å². The Bertz CT molecular complexity index is 676. The molecule has 0 radical (unpaired) electrons. The lowest BCUT2D eigenvalue weighted by Gasteiger charge is -2.05. The van der Waals surface area contributed by atoms with Gasteiger partial charge in [-0.3, -0.25) is 4.79 Å². The van der Waals surface area contributed by atoms with E-state index in [0.717, 1.165) is 11.1 Å². The molecule has 0 aliphatic heterocycles. The maximum Gasteiger partial charge on any atom is 0.369 e. The predicted octanol–water partition coefficient (Wildman–Crippen LogP) is 3.33. The standard InChI is InChI=1S/C14H8O3S/c15-13-10-5-2-1-4-8(10)9-6-3-7-11(12(9)13)17-14(16)18/h1-7H,(H,16,18). The highest BCUT2D eigenvalue weighted by Crippen LogP contribution is 2.40. The van der Waals surface area contributed by atoms with Crippen molar-refractivity contribution in [3.8, 4) is 16.9 Å². The lowest BCUT2D eigenvalue weighted by Crippen LogP contribution is -2.03. The number of carbonyl (C=O) groups is 2. The van der Waals surface area contributed by atoms with Gasteiger partial charge in [0.2, 0.25) is 0 Å². The van der Waals surface area contributed by atoms with E-state index in [1.165, 1.54) is 0 Å². The van der Waals surface area contributed by atoms with Crippen LogP contribution in [0.25, 0.3) is 11.1 Å².